The van der Waals surface area contributed by atoms with E-state index in [0.29, 0.717) is 32.0 Å². The Morgan fingerprint density at radius 1 is 1.00 bits per heavy atom. The van der Waals surface area contributed by atoms with Crippen LogP contribution in [0.5, 0.6) is 0 Å². The van der Waals surface area contributed by atoms with Crippen molar-refractivity contribution in [1.82, 2.24) is 29.9 Å². The topological polar surface area (TPSA) is 123 Å². The van der Waals surface area contributed by atoms with Crippen molar-refractivity contribution < 1.29 is 9.72 Å². The number of non-ortho nitro benzene ring substituents is 1. The summed E-state index contributed by atoms with van der Waals surface area (Å²) in [5.74, 6) is 1.34. The van der Waals surface area contributed by atoms with E-state index in [-0.39, 0.29) is 18.0 Å². The zero-order chi connectivity index (χ0) is 20.2. The lowest BCUT2D eigenvalue weighted by Crippen LogP contribution is -2.49. The summed E-state index contributed by atoms with van der Waals surface area (Å²) in [6.07, 6.45) is 3.21. The van der Waals surface area contributed by atoms with E-state index in [4.69, 9.17) is 0 Å². The number of piperazine rings is 1. The van der Waals surface area contributed by atoms with Gasteiger partial charge in [0.25, 0.3) is 5.69 Å². The molecular formula is C18H18N8O3. The van der Waals surface area contributed by atoms with Gasteiger partial charge in [0.05, 0.1) is 11.3 Å². The molecule has 1 aliphatic heterocycles. The minimum atomic E-state index is -0.452. The van der Waals surface area contributed by atoms with Crippen LogP contribution in [-0.4, -0.2) is 66.9 Å². The standard InChI is InChI=1S/C18H18N8O3/c27-18(11-14-1-3-15(4-2-14)26(28)29)24-9-7-23(8-10-24)16-5-6-17(22-21-16)25-13-19-12-20-25/h1-6,12-13H,7-11H2. The molecule has 0 saturated carbocycles. The molecule has 29 heavy (non-hydrogen) atoms. The molecule has 148 valence electrons. The van der Waals surface area contributed by atoms with Gasteiger partial charge in [-0.1, -0.05) is 12.1 Å². The summed E-state index contributed by atoms with van der Waals surface area (Å²) in [6.45, 7) is 2.48. The van der Waals surface area contributed by atoms with Crippen LogP contribution in [0.15, 0.2) is 49.1 Å². The number of rotatable bonds is 5. The predicted molar refractivity (Wildman–Crippen MR) is 103 cm³/mol. The molecule has 0 unspecified atom stereocenters. The van der Waals surface area contributed by atoms with Gasteiger partial charge in [-0.3, -0.25) is 14.9 Å². The van der Waals surface area contributed by atoms with Crippen molar-refractivity contribution in [2.75, 3.05) is 31.1 Å². The lowest BCUT2D eigenvalue weighted by atomic mass is 10.1. The van der Waals surface area contributed by atoms with E-state index in [1.54, 1.807) is 23.4 Å². The largest absolute Gasteiger partial charge is 0.352 e. The van der Waals surface area contributed by atoms with E-state index < -0.39 is 4.92 Å². The molecule has 1 aliphatic rings. The van der Waals surface area contributed by atoms with Gasteiger partial charge in [-0.15, -0.1) is 10.2 Å². The highest BCUT2D eigenvalue weighted by molar-refractivity contribution is 5.79. The fraction of sp³-hybridized carbons (Fsp3) is 0.278. The van der Waals surface area contributed by atoms with Gasteiger partial charge in [-0.2, -0.15) is 5.10 Å². The molecule has 1 aromatic carbocycles. The summed E-state index contributed by atoms with van der Waals surface area (Å²) in [5.41, 5.74) is 0.781. The maximum absolute atomic E-state index is 12.5. The Kier molecular flexibility index (Phi) is 5.10. The lowest BCUT2D eigenvalue weighted by Gasteiger charge is -2.35. The highest BCUT2D eigenvalue weighted by Gasteiger charge is 2.22. The van der Waals surface area contributed by atoms with Gasteiger partial charge in [0, 0.05) is 38.3 Å². The Bertz CT molecular complexity index is 981. The number of nitro groups is 1. The zero-order valence-electron chi connectivity index (χ0n) is 15.5. The van der Waals surface area contributed by atoms with Gasteiger partial charge >= 0.3 is 0 Å². The van der Waals surface area contributed by atoms with Crippen molar-refractivity contribution in [3.63, 3.8) is 0 Å². The molecular weight excluding hydrogens is 376 g/mol. The fourth-order valence-corrected chi connectivity index (χ4v) is 3.14. The molecule has 1 fully saturated rings. The number of anilines is 1. The molecule has 0 bridgehead atoms. The van der Waals surface area contributed by atoms with Gasteiger partial charge < -0.3 is 9.80 Å². The van der Waals surface area contributed by atoms with E-state index in [1.165, 1.54) is 23.1 Å². The van der Waals surface area contributed by atoms with Crippen LogP contribution in [0, 0.1) is 10.1 Å². The van der Waals surface area contributed by atoms with Crippen LogP contribution in [0.4, 0.5) is 11.5 Å². The molecule has 1 amide bonds. The van der Waals surface area contributed by atoms with E-state index in [2.05, 4.69) is 25.2 Å². The summed E-state index contributed by atoms with van der Waals surface area (Å²) >= 11 is 0. The lowest BCUT2D eigenvalue weighted by molar-refractivity contribution is -0.384. The van der Waals surface area contributed by atoms with Crippen molar-refractivity contribution in [2.24, 2.45) is 0 Å². The number of benzene rings is 1. The molecule has 4 rings (SSSR count). The molecule has 3 aromatic rings. The number of amides is 1. The smallest absolute Gasteiger partial charge is 0.269 e. The van der Waals surface area contributed by atoms with Crippen molar-refractivity contribution in [3.05, 3.63) is 64.7 Å². The third-order valence-corrected chi connectivity index (χ3v) is 4.75. The van der Waals surface area contributed by atoms with E-state index in [9.17, 15) is 14.9 Å². The number of carbonyl (C=O) groups is 1. The molecule has 11 nitrogen and oxygen atoms in total. The minimum Gasteiger partial charge on any atom is -0.352 e. The molecule has 0 aliphatic carbocycles. The first-order valence-corrected chi connectivity index (χ1v) is 9.05. The average molecular weight is 394 g/mol. The van der Waals surface area contributed by atoms with Crippen molar-refractivity contribution in [1.29, 1.82) is 0 Å². The normalized spacial score (nSPS) is 14.1. The van der Waals surface area contributed by atoms with E-state index in [1.807, 2.05) is 12.1 Å². The first-order chi connectivity index (χ1) is 14.1. The Morgan fingerprint density at radius 3 is 2.28 bits per heavy atom. The van der Waals surface area contributed by atoms with E-state index in [0.717, 1.165) is 11.4 Å². The molecule has 2 aromatic heterocycles. The number of nitro benzene ring substituents is 1. The number of nitrogens with zero attached hydrogens (tertiary/aromatic N) is 8. The molecule has 11 heteroatoms. The second-order valence-corrected chi connectivity index (χ2v) is 6.56. The van der Waals surface area contributed by atoms with Crippen LogP contribution >= 0.6 is 0 Å². The highest BCUT2D eigenvalue weighted by atomic mass is 16.6. The van der Waals surface area contributed by atoms with Crippen LogP contribution in [0.25, 0.3) is 5.82 Å². The Balaban J connectivity index is 1.31. The number of aromatic nitrogens is 5. The van der Waals surface area contributed by atoms with Crippen LogP contribution in [0.2, 0.25) is 0 Å². The third kappa shape index (κ3) is 4.18. The Labute approximate surface area is 165 Å². The summed E-state index contributed by atoms with van der Waals surface area (Å²) in [5, 5.41) is 23.1. The summed E-state index contributed by atoms with van der Waals surface area (Å²) < 4.78 is 1.53. The minimum absolute atomic E-state index is 0.00566. The van der Waals surface area contributed by atoms with Crippen LogP contribution in [-0.2, 0) is 11.2 Å². The maximum Gasteiger partial charge on any atom is 0.269 e. The quantitative estimate of drug-likeness (QED) is 0.461. The number of carbonyl (C=O) groups excluding carboxylic acids is 1. The van der Waals surface area contributed by atoms with Crippen LogP contribution < -0.4 is 4.90 Å². The van der Waals surface area contributed by atoms with Crippen molar-refractivity contribution >= 4 is 17.4 Å². The van der Waals surface area contributed by atoms with Gasteiger partial charge in [-0.05, 0) is 17.7 Å². The van der Waals surface area contributed by atoms with Crippen LogP contribution in [0.1, 0.15) is 5.56 Å². The monoisotopic (exact) mass is 394 g/mol. The van der Waals surface area contributed by atoms with Crippen LogP contribution in [0.3, 0.4) is 0 Å². The first kappa shape index (κ1) is 18.5. The summed E-state index contributed by atoms with van der Waals surface area (Å²) in [7, 11) is 0. The SMILES string of the molecule is O=C(Cc1ccc([N+](=O)[O-])cc1)N1CCN(c2ccc(-n3cncn3)nn2)CC1. The summed E-state index contributed by atoms with van der Waals surface area (Å²) in [4.78, 5) is 30.6. The molecule has 0 radical (unpaired) electrons. The number of hydrogen-bond donors (Lipinski definition) is 0. The Morgan fingerprint density at radius 2 is 1.69 bits per heavy atom. The highest BCUT2D eigenvalue weighted by Crippen LogP contribution is 2.16. The maximum atomic E-state index is 12.5. The Hall–Kier alpha value is -3.89. The second-order valence-electron chi connectivity index (χ2n) is 6.56. The van der Waals surface area contributed by atoms with Gasteiger partial charge in [0.15, 0.2) is 11.6 Å². The zero-order valence-corrected chi connectivity index (χ0v) is 15.5. The molecule has 3 heterocycles. The molecule has 0 spiro atoms. The van der Waals surface area contributed by atoms with E-state index >= 15 is 0 Å². The molecule has 0 atom stereocenters. The number of hydrogen-bond acceptors (Lipinski definition) is 8. The van der Waals surface area contributed by atoms with Crippen molar-refractivity contribution in [2.45, 2.75) is 6.42 Å². The molecule has 0 N–H and O–H groups in total. The second kappa shape index (κ2) is 8.00. The predicted octanol–water partition coefficient (Wildman–Crippen LogP) is 0.857. The van der Waals surface area contributed by atoms with Gasteiger partial charge in [0.2, 0.25) is 5.91 Å². The first-order valence-electron chi connectivity index (χ1n) is 9.05. The van der Waals surface area contributed by atoms with Gasteiger partial charge in [0.1, 0.15) is 12.7 Å². The third-order valence-electron chi connectivity index (χ3n) is 4.75. The molecule has 1 saturated heterocycles. The fourth-order valence-electron chi connectivity index (χ4n) is 3.14. The summed E-state index contributed by atoms with van der Waals surface area (Å²) in [6, 6.07) is 9.78. The average Bonchev–Trinajstić information content (AvgIpc) is 3.29. The van der Waals surface area contributed by atoms with Crippen molar-refractivity contribution in [3.8, 4) is 5.82 Å². The van der Waals surface area contributed by atoms with Gasteiger partial charge in [-0.25, -0.2) is 9.67 Å².